The Morgan fingerprint density at radius 3 is 3.16 bits per heavy atom. The number of hydrogen-bond donors (Lipinski definition) is 1. The lowest BCUT2D eigenvalue weighted by atomic mass is 10.1. The summed E-state index contributed by atoms with van der Waals surface area (Å²) in [4.78, 5) is 18.5. The number of amides is 1. The van der Waals surface area contributed by atoms with Crippen LogP contribution in [0.5, 0.6) is 0 Å². The predicted octanol–water partition coefficient (Wildman–Crippen LogP) is 1.76. The van der Waals surface area contributed by atoms with Gasteiger partial charge >= 0.3 is 0 Å². The van der Waals surface area contributed by atoms with Crippen molar-refractivity contribution >= 4 is 11.7 Å². The number of rotatable bonds is 4. The SMILES string of the molecule is CCNc1cc(C(=O)N2CCOC(CC)C2)ccn1. The second kappa shape index (κ2) is 6.52. The third-order valence-electron chi connectivity index (χ3n) is 3.25. The average Bonchev–Trinajstić information content (AvgIpc) is 2.47. The lowest BCUT2D eigenvalue weighted by Gasteiger charge is -2.32. The monoisotopic (exact) mass is 263 g/mol. The topological polar surface area (TPSA) is 54.5 Å². The molecule has 2 rings (SSSR count). The molecule has 0 radical (unpaired) electrons. The molecule has 0 saturated carbocycles. The highest BCUT2D eigenvalue weighted by Crippen LogP contribution is 2.14. The molecule has 0 spiro atoms. The minimum atomic E-state index is 0.0586. The highest BCUT2D eigenvalue weighted by Gasteiger charge is 2.24. The number of nitrogens with zero attached hydrogens (tertiary/aromatic N) is 2. The molecule has 1 unspecified atom stereocenters. The third-order valence-corrected chi connectivity index (χ3v) is 3.25. The second-order valence-corrected chi connectivity index (χ2v) is 4.61. The highest BCUT2D eigenvalue weighted by atomic mass is 16.5. The first-order chi connectivity index (χ1) is 9.24. The third kappa shape index (κ3) is 3.44. The molecule has 1 fully saturated rings. The van der Waals surface area contributed by atoms with Crippen LogP contribution in [-0.4, -0.2) is 48.1 Å². The van der Waals surface area contributed by atoms with Crippen molar-refractivity contribution in [2.24, 2.45) is 0 Å². The van der Waals surface area contributed by atoms with Crippen LogP contribution in [0.3, 0.4) is 0 Å². The zero-order valence-corrected chi connectivity index (χ0v) is 11.6. The highest BCUT2D eigenvalue weighted by molar-refractivity contribution is 5.94. The molecular weight excluding hydrogens is 242 g/mol. The van der Waals surface area contributed by atoms with Gasteiger partial charge in [0.05, 0.1) is 12.7 Å². The van der Waals surface area contributed by atoms with E-state index < -0.39 is 0 Å². The van der Waals surface area contributed by atoms with E-state index in [1.54, 1.807) is 12.3 Å². The second-order valence-electron chi connectivity index (χ2n) is 4.61. The van der Waals surface area contributed by atoms with Crippen molar-refractivity contribution in [2.45, 2.75) is 26.4 Å². The Balaban J connectivity index is 2.08. The van der Waals surface area contributed by atoms with E-state index in [2.05, 4.69) is 17.2 Å². The first-order valence-electron chi connectivity index (χ1n) is 6.85. The molecule has 0 bridgehead atoms. The molecule has 1 N–H and O–H groups in total. The van der Waals surface area contributed by atoms with Crippen molar-refractivity contribution in [3.8, 4) is 0 Å². The summed E-state index contributed by atoms with van der Waals surface area (Å²) < 4.78 is 5.59. The van der Waals surface area contributed by atoms with Crippen molar-refractivity contribution in [3.63, 3.8) is 0 Å². The van der Waals surface area contributed by atoms with Crippen LogP contribution in [0.4, 0.5) is 5.82 Å². The summed E-state index contributed by atoms with van der Waals surface area (Å²) in [6.07, 6.45) is 2.76. The molecule has 2 heterocycles. The average molecular weight is 263 g/mol. The van der Waals surface area contributed by atoms with Crippen LogP contribution in [0, 0.1) is 0 Å². The van der Waals surface area contributed by atoms with Gasteiger partial charge in [-0.3, -0.25) is 4.79 Å². The summed E-state index contributed by atoms with van der Waals surface area (Å²) in [5.74, 6) is 0.803. The van der Waals surface area contributed by atoms with Crippen molar-refractivity contribution in [3.05, 3.63) is 23.9 Å². The number of ether oxygens (including phenoxy) is 1. The number of anilines is 1. The van der Waals surface area contributed by atoms with Crippen molar-refractivity contribution < 1.29 is 9.53 Å². The first-order valence-corrected chi connectivity index (χ1v) is 6.85. The van der Waals surface area contributed by atoms with E-state index in [0.29, 0.717) is 25.3 Å². The molecule has 104 valence electrons. The Morgan fingerprint density at radius 1 is 1.58 bits per heavy atom. The number of pyridine rings is 1. The molecule has 1 aromatic heterocycles. The van der Waals surface area contributed by atoms with Gasteiger partial charge in [-0.15, -0.1) is 0 Å². The van der Waals surface area contributed by atoms with Gasteiger partial charge in [-0.25, -0.2) is 4.98 Å². The molecule has 1 atom stereocenters. The fourth-order valence-electron chi connectivity index (χ4n) is 2.17. The molecule has 19 heavy (non-hydrogen) atoms. The minimum Gasteiger partial charge on any atom is -0.375 e. The fraction of sp³-hybridized carbons (Fsp3) is 0.571. The van der Waals surface area contributed by atoms with Gasteiger partial charge in [-0.2, -0.15) is 0 Å². The summed E-state index contributed by atoms with van der Waals surface area (Å²) in [6, 6.07) is 3.57. The van der Waals surface area contributed by atoms with E-state index in [-0.39, 0.29) is 12.0 Å². The smallest absolute Gasteiger partial charge is 0.254 e. The molecule has 1 aliphatic rings. The van der Waals surface area contributed by atoms with E-state index in [9.17, 15) is 4.79 Å². The summed E-state index contributed by atoms with van der Waals surface area (Å²) in [6.45, 7) is 6.83. The van der Waals surface area contributed by atoms with Gasteiger partial charge in [0.1, 0.15) is 5.82 Å². The molecule has 5 nitrogen and oxygen atoms in total. The number of carbonyl (C=O) groups excluding carboxylic acids is 1. The predicted molar refractivity (Wildman–Crippen MR) is 74.3 cm³/mol. The van der Waals surface area contributed by atoms with Gasteiger partial charge in [0.2, 0.25) is 0 Å². The quantitative estimate of drug-likeness (QED) is 0.899. The number of nitrogens with one attached hydrogen (secondary N) is 1. The molecule has 1 aliphatic heterocycles. The van der Waals surface area contributed by atoms with Crippen LogP contribution >= 0.6 is 0 Å². The van der Waals surface area contributed by atoms with E-state index in [1.165, 1.54) is 0 Å². The maximum Gasteiger partial charge on any atom is 0.254 e. The Morgan fingerprint density at radius 2 is 2.42 bits per heavy atom. The summed E-state index contributed by atoms with van der Waals surface area (Å²) >= 11 is 0. The number of hydrogen-bond acceptors (Lipinski definition) is 4. The summed E-state index contributed by atoms with van der Waals surface area (Å²) in [7, 11) is 0. The maximum absolute atomic E-state index is 12.4. The van der Waals surface area contributed by atoms with Gasteiger partial charge in [0.25, 0.3) is 5.91 Å². The Labute approximate surface area is 114 Å². The molecule has 0 aromatic carbocycles. The molecule has 1 amide bonds. The van der Waals surface area contributed by atoms with Crippen LogP contribution < -0.4 is 5.32 Å². The van der Waals surface area contributed by atoms with Gasteiger partial charge < -0.3 is 15.0 Å². The Bertz CT molecular complexity index is 436. The maximum atomic E-state index is 12.4. The van der Waals surface area contributed by atoms with Crippen LogP contribution in [0.25, 0.3) is 0 Å². The lowest BCUT2D eigenvalue weighted by Crippen LogP contribution is -2.45. The Hall–Kier alpha value is -1.62. The van der Waals surface area contributed by atoms with E-state index in [0.717, 1.165) is 18.8 Å². The van der Waals surface area contributed by atoms with Crippen molar-refractivity contribution in [1.29, 1.82) is 0 Å². The number of aromatic nitrogens is 1. The first kappa shape index (κ1) is 13.8. The van der Waals surface area contributed by atoms with E-state index in [1.807, 2.05) is 17.9 Å². The van der Waals surface area contributed by atoms with Crippen LogP contribution in [0.15, 0.2) is 18.3 Å². The Kier molecular flexibility index (Phi) is 4.74. The van der Waals surface area contributed by atoms with Gasteiger partial charge in [-0.05, 0) is 25.5 Å². The fourth-order valence-corrected chi connectivity index (χ4v) is 2.17. The number of carbonyl (C=O) groups is 1. The van der Waals surface area contributed by atoms with Gasteiger partial charge in [0.15, 0.2) is 0 Å². The van der Waals surface area contributed by atoms with Crippen molar-refractivity contribution in [1.82, 2.24) is 9.88 Å². The van der Waals surface area contributed by atoms with Crippen LogP contribution in [-0.2, 0) is 4.74 Å². The van der Waals surface area contributed by atoms with Crippen LogP contribution in [0.2, 0.25) is 0 Å². The molecular formula is C14H21N3O2. The number of morpholine rings is 1. The van der Waals surface area contributed by atoms with E-state index in [4.69, 9.17) is 4.74 Å². The van der Waals surface area contributed by atoms with Crippen molar-refractivity contribution in [2.75, 3.05) is 31.6 Å². The van der Waals surface area contributed by atoms with E-state index >= 15 is 0 Å². The van der Waals surface area contributed by atoms with Gasteiger partial charge in [0, 0.05) is 31.4 Å². The molecule has 1 saturated heterocycles. The van der Waals surface area contributed by atoms with Crippen LogP contribution in [0.1, 0.15) is 30.6 Å². The molecule has 5 heteroatoms. The normalized spacial score (nSPS) is 19.3. The molecule has 0 aliphatic carbocycles. The summed E-state index contributed by atoms with van der Waals surface area (Å²) in [5, 5.41) is 3.12. The zero-order chi connectivity index (χ0) is 13.7. The van der Waals surface area contributed by atoms with Gasteiger partial charge in [-0.1, -0.05) is 6.92 Å². The summed E-state index contributed by atoms with van der Waals surface area (Å²) in [5.41, 5.74) is 0.683. The molecule has 1 aromatic rings. The largest absolute Gasteiger partial charge is 0.375 e. The zero-order valence-electron chi connectivity index (χ0n) is 11.6. The minimum absolute atomic E-state index is 0.0586. The standard InChI is InChI=1S/C14H21N3O2/c1-3-12-10-17(7-8-19-12)14(18)11-5-6-16-13(9-11)15-4-2/h5-6,9,12H,3-4,7-8,10H2,1-2H3,(H,15,16). The lowest BCUT2D eigenvalue weighted by molar-refractivity contribution is -0.0226.